The fourth-order valence-corrected chi connectivity index (χ4v) is 3.61. The molecule has 0 spiro atoms. The van der Waals surface area contributed by atoms with Crippen LogP contribution in [0.1, 0.15) is 62.8 Å². The van der Waals surface area contributed by atoms with E-state index in [4.69, 9.17) is 5.41 Å². The number of nitrogens with zero attached hydrogens (tertiary/aromatic N) is 2. The molecule has 4 heteroatoms. The van der Waals surface area contributed by atoms with Crippen molar-refractivity contribution < 1.29 is 0 Å². The molecule has 0 saturated carbocycles. The van der Waals surface area contributed by atoms with Gasteiger partial charge in [0.25, 0.3) is 0 Å². The zero-order valence-corrected chi connectivity index (χ0v) is 22.1. The highest BCUT2D eigenvalue weighted by molar-refractivity contribution is 6.06. The number of aliphatic imine (C=N–C) groups is 1. The third kappa shape index (κ3) is 10.5. The number of hydrogen-bond donors (Lipinski definition) is 2. The number of nitrogens with one attached hydrogen (secondary N) is 1. The Bertz CT molecular complexity index is 825. The van der Waals surface area contributed by atoms with Gasteiger partial charge in [0, 0.05) is 43.2 Å². The molecule has 0 aliphatic rings. The summed E-state index contributed by atoms with van der Waals surface area (Å²) in [6.45, 7) is 20.5. The van der Waals surface area contributed by atoms with Gasteiger partial charge >= 0.3 is 0 Å². The molecular formula is C29H46N4. The third-order valence-corrected chi connectivity index (χ3v) is 4.84. The van der Waals surface area contributed by atoms with Crippen molar-refractivity contribution >= 4 is 18.5 Å². The average molecular weight is 451 g/mol. The van der Waals surface area contributed by atoms with E-state index in [-0.39, 0.29) is 11.8 Å². The number of aryl methyl sites for hydroxylation is 1. The minimum Gasteiger partial charge on any atom is -0.379 e. The maximum Gasteiger partial charge on any atom is 0.0472 e. The minimum absolute atomic E-state index is 0.0152. The number of nitrogens with two attached hydrogens (primary N) is 1. The molecule has 0 aliphatic heterocycles. The van der Waals surface area contributed by atoms with Crippen molar-refractivity contribution in [1.82, 2.24) is 4.90 Å². The molecule has 0 bridgehead atoms. The van der Waals surface area contributed by atoms with Gasteiger partial charge in [0.15, 0.2) is 0 Å². The summed E-state index contributed by atoms with van der Waals surface area (Å²) in [4.78, 5) is 5.87. The normalized spacial score (nSPS) is 11.3. The van der Waals surface area contributed by atoms with Crippen LogP contribution in [0, 0.1) is 18.3 Å². The molecule has 0 fully saturated rings. The van der Waals surface area contributed by atoms with Crippen molar-refractivity contribution in [2.24, 2.45) is 16.6 Å². The molecule has 0 heterocycles. The van der Waals surface area contributed by atoms with Crippen molar-refractivity contribution in [3.05, 3.63) is 89.8 Å². The monoisotopic (exact) mass is 450 g/mol. The minimum atomic E-state index is -0.0152. The first kappa shape index (κ1) is 32.2. The van der Waals surface area contributed by atoms with Crippen LogP contribution in [0.15, 0.2) is 72.5 Å². The van der Waals surface area contributed by atoms with Crippen LogP contribution in [0.4, 0.5) is 0 Å². The van der Waals surface area contributed by atoms with Gasteiger partial charge in [0.2, 0.25) is 0 Å². The lowest BCUT2D eigenvalue weighted by atomic mass is 9.78. The summed E-state index contributed by atoms with van der Waals surface area (Å²) in [5.41, 5.74) is 9.40. The van der Waals surface area contributed by atoms with E-state index in [9.17, 15) is 0 Å². The predicted octanol–water partition coefficient (Wildman–Crippen LogP) is 7.16. The topological polar surface area (TPSA) is 65.5 Å². The first-order valence-corrected chi connectivity index (χ1v) is 11.8. The van der Waals surface area contributed by atoms with Crippen LogP contribution in [-0.2, 0) is 0 Å². The quantitative estimate of drug-likeness (QED) is 0.398. The predicted molar refractivity (Wildman–Crippen MR) is 151 cm³/mol. The van der Waals surface area contributed by atoms with E-state index in [1.54, 1.807) is 6.20 Å². The summed E-state index contributed by atoms with van der Waals surface area (Å²) in [6.07, 6.45) is 5.44. The lowest BCUT2D eigenvalue weighted by Gasteiger charge is -2.30. The number of hydrogen-bond acceptors (Lipinski definition) is 4. The highest BCUT2D eigenvalue weighted by Crippen LogP contribution is 2.32. The van der Waals surface area contributed by atoms with E-state index < -0.39 is 0 Å². The Balaban J connectivity index is 0. The molecular weight excluding hydrogens is 404 g/mol. The summed E-state index contributed by atoms with van der Waals surface area (Å²) < 4.78 is 0. The van der Waals surface area contributed by atoms with Crippen molar-refractivity contribution in [1.29, 1.82) is 5.41 Å². The fraction of sp³-hybridized carbons (Fsp3) is 0.379. The summed E-state index contributed by atoms with van der Waals surface area (Å²) in [5.74, 6) is 0.218. The van der Waals surface area contributed by atoms with E-state index in [0.717, 1.165) is 28.8 Å². The molecule has 2 unspecified atom stereocenters. The number of benzene rings is 2. The summed E-state index contributed by atoms with van der Waals surface area (Å²) in [5, 5.41) is 9.11. The van der Waals surface area contributed by atoms with Crippen LogP contribution in [0.2, 0.25) is 0 Å². The van der Waals surface area contributed by atoms with Crippen LogP contribution in [0.5, 0.6) is 0 Å². The Kier molecular flexibility index (Phi) is 19.2. The molecule has 2 aromatic carbocycles. The van der Waals surface area contributed by atoms with E-state index in [2.05, 4.69) is 61.0 Å². The van der Waals surface area contributed by atoms with Crippen LogP contribution >= 0.6 is 0 Å². The second kappa shape index (κ2) is 19.7. The van der Waals surface area contributed by atoms with Gasteiger partial charge in [0.05, 0.1) is 0 Å². The average Bonchev–Trinajstić information content (AvgIpc) is 2.86. The van der Waals surface area contributed by atoms with E-state index >= 15 is 0 Å². The summed E-state index contributed by atoms with van der Waals surface area (Å²) >= 11 is 0. The van der Waals surface area contributed by atoms with Gasteiger partial charge in [-0.1, -0.05) is 95.8 Å². The van der Waals surface area contributed by atoms with Gasteiger partial charge in [-0.05, 0) is 43.3 Å². The van der Waals surface area contributed by atoms with Crippen molar-refractivity contribution in [3.8, 4) is 0 Å². The number of rotatable bonds is 9. The molecule has 0 saturated heterocycles. The molecule has 3 N–H and O–H groups in total. The zero-order chi connectivity index (χ0) is 25.8. The Labute approximate surface area is 203 Å². The molecule has 0 aliphatic carbocycles. The van der Waals surface area contributed by atoms with E-state index in [1.807, 2.05) is 77.4 Å². The van der Waals surface area contributed by atoms with Crippen LogP contribution in [-0.4, -0.2) is 38.0 Å². The van der Waals surface area contributed by atoms with E-state index in [1.165, 1.54) is 7.05 Å². The lowest BCUT2D eigenvalue weighted by molar-refractivity contribution is 0.359. The molecule has 2 aromatic rings. The maximum atomic E-state index is 9.11. The zero-order valence-electron chi connectivity index (χ0n) is 22.1. The molecule has 4 nitrogen and oxygen atoms in total. The SMILES string of the molecule is C=Cc1cccc(C)c1C(=N)C(c1ccccc1)C(C)CN(C)/C=C\N=C.CC.CC.CN. The second-order valence-electron chi connectivity index (χ2n) is 6.94. The third-order valence-electron chi connectivity index (χ3n) is 4.84. The Morgan fingerprint density at radius 3 is 2.15 bits per heavy atom. The van der Waals surface area contributed by atoms with Gasteiger partial charge in [-0.25, -0.2) is 0 Å². The first-order valence-electron chi connectivity index (χ1n) is 11.8. The first-order chi connectivity index (χ1) is 16.0. The van der Waals surface area contributed by atoms with Gasteiger partial charge in [-0.15, -0.1) is 0 Å². The highest BCUT2D eigenvalue weighted by Gasteiger charge is 2.27. The maximum absolute atomic E-state index is 9.11. The summed E-state index contributed by atoms with van der Waals surface area (Å²) in [7, 11) is 3.52. The highest BCUT2D eigenvalue weighted by atomic mass is 15.1. The van der Waals surface area contributed by atoms with Gasteiger partial charge < -0.3 is 16.0 Å². The Hall–Kier alpha value is -2.98. The second-order valence-corrected chi connectivity index (χ2v) is 6.94. The van der Waals surface area contributed by atoms with Crippen LogP contribution in [0.3, 0.4) is 0 Å². The van der Waals surface area contributed by atoms with Crippen molar-refractivity contribution in [3.63, 3.8) is 0 Å². The van der Waals surface area contributed by atoms with Gasteiger partial charge in [0.1, 0.15) is 0 Å². The molecule has 2 atom stereocenters. The molecule has 33 heavy (non-hydrogen) atoms. The lowest BCUT2D eigenvalue weighted by Crippen LogP contribution is -2.29. The fourth-order valence-electron chi connectivity index (χ4n) is 3.61. The van der Waals surface area contributed by atoms with Gasteiger partial charge in [-0.2, -0.15) is 0 Å². The molecule has 182 valence electrons. The van der Waals surface area contributed by atoms with Crippen molar-refractivity contribution in [2.75, 3.05) is 20.6 Å². The van der Waals surface area contributed by atoms with Gasteiger partial charge in [-0.3, -0.25) is 4.99 Å². The molecule has 0 aromatic heterocycles. The van der Waals surface area contributed by atoms with Crippen LogP contribution in [0.25, 0.3) is 6.08 Å². The van der Waals surface area contributed by atoms with E-state index in [0.29, 0.717) is 5.71 Å². The standard InChI is InChI=1S/C24H29N3.2C2H6.CH5N/c1-6-20-14-10-11-18(2)22(20)24(25)23(21-12-8-7-9-13-21)19(3)17-27(5)16-15-26-4;3*1-2/h6-16,19,23,25H,1,4,17H2,2-3,5H3;2*1-2H3;2H2,1H3/b16-15-,25-24?;;;. The molecule has 0 radical (unpaired) electrons. The summed E-state index contributed by atoms with van der Waals surface area (Å²) in [6, 6.07) is 16.4. The molecule has 2 rings (SSSR count). The van der Waals surface area contributed by atoms with Crippen LogP contribution < -0.4 is 5.73 Å². The largest absolute Gasteiger partial charge is 0.379 e. The smallest absolute Gasteiger partial charge is 0.0472 e. The Morgan fingerprint density at radius 1 is 1.06 bits per heavy atom. The molecule has 0 amide bonds. The van der Waals surface area contributed by atoms with Crippen molar-refractivity contribution in [2.45, 2.75) is 47.5 Å². The Morgan fingerprint density at radius 2 is 1.64 bits per heavy atom.